The number of piperazine rings is 1. The molecule has 1 rings (SSSR count). The molecule has 2 N–H and O–H groups in total. The van der Waals surface area contributed by atoms with Gasteiger partial charge in [-0.2, -0.15) is 39.1 Å². The minimum Gasteiger partial charge on any atom is -0.465 e. The maximum absolute atomic E-state index is 13.7. The molecule has 0 bridgehead atoms. The summed E-state index contributed by atoms with van der Waals surface area (Å²) in [6, 6.07) is 0. The monoisotopic (exact) mass is 424 g/mol. The summed E-state index contributed by atoms with van der Waals surface area (Å²) in [5, 5.41) is -4.82. The average molecular weight is 424 g/mol. The Hall–Kier alpha value is -1.33. The quantitative estimate of drug-likeness (QED) is 0.480. The summed E-state index contributed by atoms with van der Waals surface area (Å²) in [5.74, 6) is -7.02. The number of nitrogens with zero attached hydrogens (tertiary/aromatic N) is 2. The first-order chi connectivity index (χ1) is 10.9. The van der Waals surface area contributed by atoms with Gasteiger partial charge >= 0.3 is 32.6 Å². The van der Waals surface area contributed by atoms with Gasteiger partial charge in [-0.15, -0.1) is 0 Å². The first-order valence-electron chi connectivity index (χ1n) is 5.99. The van der Waals surface area contributed by atoms with Crippen LogP contribution in [0, 0.1) is 0 Å². The van der Waals surface area contributed by atoms with E-state index in [1.807, 2.05) is 0 Å². The normalized spacial score (nSPS) is 19.1. The van der Waals surface area contributed by atoms with E-state index in [0.29, 0.717) is 4.90 Å². The van der Waals surface area contributed by atoms with Crippen molar-refractivity contribution >= 4 is 26.2 Å². The fraction of sp³-hybridized carbons (Fsp3) is 0.875. The summed E-state index contributed by atoms with van der Waals surface area (Å²) in [4.78, 5) is 11.2. The van der Waals surface area contributed by atoms with Crippen LogP contribution in [0.25, 0.3) is 0 Å². The lowest BCUT2D eigenvalue weighted by atomic mass is 10.3. The Labute approximate surface area is 136 Å². The van der Waals surface area contributed by atoms with Crippen LogP contribution in [0.2, 0.25) is 0 Å². The fourth-order valence-corrected chi connectivity index (χ4v) is 3.71. The van der Waals surface area contributed by atoms with Crippen molar-refractivity contribution in [2.45, 2.75) is 16.4 Å². The fourth-order valence-electron chi connectivity index (χ4n) is 1.78. The summed E-state index contributed by atoms with van der Waals surface area (Å²) in [6.45, 7) is -3.55. The van der Waals surface area contributed by atoms with E-state index < -0.39 is 68.8 Å². The zero-order valence-electron chi connectivity index (χ0n) is 11.7. The van der Waals surface area contributed by atoms with Gasteiger partial charge in [0.1, 0.15) is 0 Å². The molecule has 0 aromatic heterocycles. The van der Waals surface area contributed by atoms with Crippen LogP contribution < -0.4 is 0 Å². The van der Waals surface area contributed by atoms with Gasteiger partial charge in [0.25, 0.3) is 10.0 Å². The lowest BCUT2D eigenvalue weighted by molar-refractivity contribution is -0.247. The minimum atomic E-state index is -7.09. The molecule has 1 aliphatic heterocycles. The second-order valence-corrected chi connectivity index (χ2v) is 8.20. The molecule has 1 amide bonds. The van der Waals surface area contributed by atoms with Crippen molar-refractivity contribution in [2.75, 3.05) is 26.2 Å². The van der Waals surface area contributed by atoms with E-state index in [1.54, 1.807) is 0 Å². The summed E-state index contributed by atoms with van der Waals surface area (Å²) in [5.41, 5.74) is 0. The van der Waals surface area contributed by atoms with Gasteiger partial charge < -0.3 is 10.0 Å². The van der Waals surface area contributed by atoms with Gasteiger partial charge in [0, 0.05) is 26.2 Å². The standard InChI is InChI=1S/C8H10F6N2O7S2/c9-6(10,8(13,14)25(21,22)23)7(11,12)24(19,20)16-3-1-15(2-4-16)5(17)18/h1-4H2,(H,17,18)(H,21,22,23). The van der Waals surface area contributed by atoms with E-state index >= 15 is 0 Å². The largest absolute Gasteiger partial charge is 0.465 e. The van der Waals surface area contributed by atoms with Crippen molar-refractivity contribution in [3.8, 4) is 0 Å². The van der Waals surface area contributed by atoms with Gasteiger partial charge in [-0.1, -0.05) is 0 Å². The van der Waals surface area contributed by atoms with Crippen LogP contribution in [-0.4, -0.2) is 84.4 Å². The number of halogens is 6. The van der Waals surface area contributed by atoms with E-state index in [4.69, 9.17) is 9.66 Å². The highest BCUT2D eigenvalue weighted by Crippen LogP contribution is 2.51. The molecule has 17 heteroatoms. The Bertz CT molecular complexity index is 745. The summed E-state index contributed by atoms with van der Waals surface area (Å²) in [6.07, 6.45) is -1.56. The number of sulfonamides is 1. The topological polar surface area (TPSA) is 132 Å². The number of rotatable bonds is 5. The van der Waals surface area contributed by atoms with Gasteiger partial charge in [0.15, 0.2) is 0 Å². The van der Waals surface area contributed by atoms with Crippen molar-refractivity contribution in [1.82, 2.24) is 9.21 Å². The van der Waals surface area contributed by atoms with Gasteiger partial charge in [0.05, 0.1) is 0 Å². The molecule has 0 aromatic rings. The molecule has 0 aliphatic carbocycles. The molecule has 0 radical (unpaired) electrons. The van der Waals surface area contributed by atoms with Crippen LogP contribution in [0.5, 0.6) is 0 Å². The Morgan fingerprint density at radius 2 is 1.24 bits per heavy atom. The smallest absolute Gasteiger partial charge is 0.439 e. The minimum absolute atomic E-state index is 0.375. The number of carboxylic acid groups (broad SMARTS) is 1. The predicted octanol–water partition coefficient (Wildman–Crippen LogP) is 0.321. The highest BCUT2D eigenvalue weighted by Gasteiger charge is 2.82. The van der Waals surface area contributed by atoms with Crippen molar-refractivity contribution in [3.63, 3.8) is 0 Å². The molecule has 0 aromatic carbocycles. The van der Waals surface area contributed by atoms with Crippen molar-refractivity contribution < 1.29 is 57.6 Å². The van der Waals surface area contributed by atoms with Crippen LogP contribution in [0.1, 0.15) is 0 Å². The maximum atomic E-state index is 13.7. The maximum Gasteiger partial charge on any atom is 0.439 e. The second kappa shape index (κ2) is 6.13. The third kappa shape index (κ3) is 3.24. The lowest BCUT2D eigenvalue weighted by Crippen LogP contribution is -2.64. The Morgan fingerprint density at radius 1 is 0.840 bits per heavy atom. The number of carbonyl (C=O) groups is 1. The van der Waals surface area contributed by atoms with Crippen molar-refractivity contribution in [3.05, 3.63) is 0 Å². The van der Waals surface area contributed by atoms with Crippen LogP contribution in [0.15, 0.2) is 0 Å². The molecular weight excluding hydrogens is 414 g/mol. The van der Waals surface area contributed by atoms with E-state index in [0.717, 1.165) is 0 Å². The summed E-state index contributed by atoms with van der Waals surface area (Å²) < 4.78 is 132. The second-order valence-electron chi connectivity index (χ2n) is 4.76. The van der Waals surface area contributed by atoms with Crippen LogP contribution in [-0.2, 0) is 20.1 Å². The average Bonchev–Trinajstić information content (AvgIpc) is 2.45. The number of hydrogen-bond acceptors (Lipinski definition) is 5. The van der Waals surface area contributed by atoms with E-state index in [2.05, 4.69) is 0 Å². The Balaban J connectivity index is 3.26. The molecule has 1 heterocycles. The number of amides is 1. The molecule has 0 atom stereocenters. The molecule has 1 fully saturated rings. The predicted molar refractivity (Wildman–Crippen MR) is 66.5 cm³/mol. The molecular formula is C8H10F6N2O7S2. The molecule has 148 valence electrons. The molecule has 0 spiro atoms. The van der Waals surface area contributed by atoms with Crippen LogP contribution in [0.3, 0.4) is 0 Å². The Kier molecular flexibility index (Phi) is 5.32. The van der Waals surface area contributed by atoms with Crippen LogP contribution in [0.4, 0.5) is 31.1 Å². The van der Waals surface area contributed by atoms with Crippen LogP contribution >= 0.6 is 0 Å². The lowest BCUT2D eigenvalue weighted by Gasteiger charge is -2.37. The zero-order chi connectivity index (χ0) is 20.1. The zero-order valence-corrected chi connectivity index (χ0v) is 13.4. The molecule has 9 nitrogen and oxygen atoms in total. The molecule has 0 unspecified atom stereocenters. The van der Waals surface area contributed by atoms with Gasteiger partial charge in [-0.3, -0.25) is 4.55 Å². The third-order valence-corrected chi connectivity index (χ3v) is 6.08. The molecule has 1 saturated heterocycles. The van der Waals surface area contributed by atoms with Gasteiger partial charge in [0.2, 0.25) is 0 Å². The summed E-state index contributed by atoms with van der Waals surface area (Å²) in [7, 11) is -13.6. The highest BCUT2D eigenvalue weighted by molar-refractivity contribution is 7.90. The van der Waals surface area contributed by atoms with Crippen molar-refractivity contribution in [1.29, 1.82) is 0 Å². The number of alkyl halides is 6. The van der Waals surface area contributed by atoms with Gasteiger partial charge in [-0.05, 0) is 0 Å². The SMILES string of the molecule is O=C(O)N1CCN(S(=O)(=O)C(F)(F)C(F)(F)C(F)(F)S(=O)(=O)O)CC1. The van der Waals surface area contributed by atoms with Gasteiger partial charge in [-0.25, -0.2) is 13.2 Å². The first-order valence-corrected chi connectivity index (χ1v) is 8.87. The molecule has 25 heavy (non-hydrogen) atoms. The third-order valence-electron chi connectivity index (χ3n) is 3.23. The Morgan fingerprint density at radius 3 is 1.56 bits per heavy atom. The molecule has 1 aliphatic rings. The summed E-state index contributed by atoms with van der Waals surface area (Å²) >= 11 is 0. The van der Waals surface area contributed by atoms with Crippen molar-refractivity contribution in [2.24, 2.45) is 0 Å². The number of hydrogen-bond donors (Lipinski definition) is 2. The van der Waals surface area contributed by atoms with E-state index in [9.17, 15) is 48.0 Å². The first kappa shape index (κ1) is 21.7. The van der Waals surface area contributed by atoms with E-state index in [1.165, 1.54) is 0 Å². The van der Waals surface area contributed by atoms with E-state index in [-0.39, 0.29) is 4.31 Å². The molecule has 0 saturated carbocycles. The highest BCUT2D eigenvalue weighted by atomic mass is 32.2.